The number of ether oxygens (including phenoxy) is 4. The number of rotatable bonds is 10. The van der Waals surface area contributed by atoms with Crippen LogP contribution in [0.5, 0.6) is 5.75 Å². The fourth-order valence-electron chi connectivity index (χ4n) is 12.2. The molecule has 1 aliphatic carbocycles. The average Bonchev–Trinajstić information content (AvgIpc) is 3.97. The number of carboxylic acids is 2. The first-order valence-electron chi connectivity index (χ1n) is 22.8. The van der Waals surface area contributed by atoms with Crippen molar-refractivity contribution in [1.29, 1.82) is 0 Å². The number of carboxylic acid groups (broad SMARTS) is 2. The van der Waals surface area contributed by atoms with Gasteiger partial charge in [-0.05, 0) is 61.1 Å². The molecule has 5 heterocycles. The van der Waals surface area contributed by atoms with E-state index in [4.69, 9.17) is 43.7 Å². The van der Waals surface area contributed by atoms with Crippen LogP contribution in [0, 0.1) is 11.3 Å². The monoisotopic (exact) mass is 1020 g/mol. The minimum Gasteiger partial charge on any atom is -0.542 e. The zero-order valence-electron chi connectivity index (χ0n) is 40.6. The van der Waals surface area contributed by atoms with E-state index in [1.54, 1.807) is 7.11 Å². The number of halogens is 6. The third kappa shape index (κ3) is 8.83. The molecular formula is C50H56F6N4O12. The number of methoxy groups -OCH3 is 3. The zero-order valence-corrected chi connectivity index (χ0v) is 40.6. The van der Waals surface area contributed by atoms with E-state index in [2.05, 4.69) is 37.3 Å². The van der Waals surface area contributed by atoms with Gasteiger partial charge in [-0.1, -0.05) is 56.9 Å². The first-order valence-corrected chi connectivity index (χ1v) is 22.8. The van der Waals surface area contributed by atoms with Crippen molar-refractivity contribution in [2.75, 3.05) is 59.5 Å². The van der Waals surface area contributed by atoms with Crippen molar-refractivity contribution >= 4 is 59.2 Å². The molecule has 2 fully saturated rings. The molecular weight excluding hydrogens is 963 g/mol. The predicted octanol–water partition coefficient (Wildman–Crippen LogP) is 4.85. The van der Waals surface area contributed by atoms with Gasteiger partial charge in [0, 0.05) is 66.2 Å². The van der Waals surface area contributed by atoms with Gasteiger partial charge in [-0.15, -0.1) is 0 Å². The Balaban J connectivity index is 0.000000531. The lowest BCUT2D eigenvalue weighted by molar-refractivity contribution is -0.521. The number of anilines is 1. The van der Waals surface area contributed by atoms with Crippen LogP contribution in [-0.2, 0) is 49.0 Å². The average molecular weight is 1020 g/mol. The number of benzene rings is 2. The third-order valence-corrected chi connectivity index (χ3v) is 14.8. The molecule has 1 saturated carbocycles. The number of nitrogens with zero attached hydrogens (tertiary/aromatic N) is 4. The standard InChI is InChI=1S/C46H55N4O8.2C2HF3O2/c1-10-29-21-30(26-48(5)25-29)24-45(41(52)56-8,37-27(3)31-15-12-13-16-34(31)47-37)33-22-32-35(23-36(33)55-7)49(6)39-44(32)18-20-50-19-14-17-43(11-2,38(44)50)40(58-28(4)51)46(39,54)42(53)57-9;2*3-2(4,5)1(6)7/h12-17,21-23,30,38-40,54H,3,5,10-11,18-20,24-26H2,1-2,4,6-9H3;2*(H,6,7)/q+1;;/p-1/t30-,38-,39+,40+,43+,44+,45-,46-;;/m0../s1. The number of alkyl halides is 6. The summed E-state index contributed by atoms with van der Waals surface area (Å²) in [6.07, 6.45) is -3.06. The zero-order chi connectivity index (χ0) is 53.7. The molecule has 5 aliphatic heterocycles. The van der Waals surface area contributed by atoms with Crippen LogP contribution >= 0.6 is 0 Å². The Hall–Kier alpha value is -6.55. The van der Waals surface area contributed by atoms with Crippen molar-refractivity contribution in [3.8, 4) is 5.75 Å². The molecule has 1 spiro atoms. The number of carbonyl (C=O) groups is 5. The number of hydrogen-bond acceptors (Lipinski definition) is 14. The Morgan fingerprint density at radius 3 is 2.17 bits per heavy atom. The highest BCUT2D eigenvalue weighted by Crippen LogP contribution is 2.68. The molecule has 0 radical (unpaired) electrons. The van der Waals surface area contributed by atoms with Crippen LogP contribution in [0.15, 0.2) is 71.8 Å². The van der Waals surface area contributed by atoms with Gasteiger partial charge in [0.2, 0.25) is 5.60 Å². The van der Waals surface area contributed by atoms with Gasteiger partial charge in [-0.3, -0.25) is 19.5 Å². The van der Waals surface area contributed by atoms with E-state index in [-0.39, 0.29) is 18.4 Å². The summed E-state index contributed by atoms with van der Waals surface area (Å²) in [6.45, 7) is 16.9. The summed E-state index contributed by atoms with van der Waals surface area (Å²) in [5.74, 6) is -7.48. The minimum atomic E-state index is -5.19. The molecule has 2 aromatic rings. The highest BCUT2D eigenvalue weighted by molar-refractivity contribution is 6.37. The van der Waals surface area contributed by atoms with E-state index in [1.807, 2.05) is 65.9 Å². The van der Waals surface area contributed by atoms with Crippen molar-refractivity contribution in [2.45, 2.75) is 93.4 Å². The second kappa shape index (κ2) is 19.8. The Labute approximate surface area is 410 Å². The fraction of sp³-hybridized carbons (Fsp3) is 0.500. The maximum Gasteiger partial charge on any atom is 0.490 e. The molecule has 0 bridgehead atoms. The predicted molar refractivity (Wildman–Crippen MR) is 246 cm³/mol. The lowest BCUT2D eigenvalue weighted by atomic mass is 9.47. The van der Waals surface area contributed by atoms with Crippen molar-refractivity contribution in [3.05, 3.63) is 83.5 Å². The van der Waals surface area contributed by atoms with Crippen molar-refractivity contribution < 1.29 is 89.2 Å². The van der Waals surface area contributed by atoms with E-state index in [0.717, 1.165) is 29.8 Å². The SMILES string of the molecule is C=C1C([C@@](C[C@@H]2C=C(CC)C[N+](=C)C2)(C(=O)OC)c2cc3c(cc2OC)N(C)[C@H]2[C@@](O)(C(=O)OC)[C@H](OC(C)=O)[C@]4(CC)C=CCN5CC[C@]32[C@@H]54)=Nc2ccccc21.O=C(O)C(F)(F)F.O=C([O-])C(F)(F)F. The first-order chi connectivity index (χ1) is 33.6. The van der Waals surface area contributed by atoms with Crippen molar-refractivity contribution in [2.24, 2.45) is 16.3 Å². The summed E-state index contributed by atoms with van der Waals surface area (Å²) < 4.78 is 89.1. The lowest BCUT2D eigenvalue weighted by Crippen LogP contribution is -2.81. The number of para-hydroxylation sites is 1. The van der Waals surface area contributed by atoms with Gasteiger partial charge < -0.3 is 44.0 Å². The number of aliphatic hydroxyl groups is 1. The van der Waals surface area contributed by atoms with Gasteiger partial charge in [0.25, 0.3) is 0 Å². The van der Waals surface area contributed by atoms with Crippen LogP contribution < -0.4 is 14.7 Å². The topological polar surface area (TPSA) is 208 Å². The molecule has 390 valence electrons. The molecule has 2 aromatic carbocycles. The second-order valence-corrected chi connectivity index (χ2v) is 18.5. The Morgan fingerprint density at radius 1 is 1.00 bits per heavy atom. The molecule has 8 rings (SSSR count). The number of aliphatic imine (C=N–C) groups is 1. The lowest BCUT2D eigenvalue weighted by Gasteiger charge is -2.63. The molecule has 8 atom stereocenters. The number of fused-ring (bicyclic) bond motifs is 2. The Kier molecular flexibility index (Phi) is 15.1. The highest BCUT2D eigenvalue weighted by Gasteiger charge is 2.80. The van der Waals surface area contributed by atoms with Gasteiger partial charge in [-0.2, -0.15) is 26.3 Å². The summed E-state index contributed by atoms with van der Waals surface area (Å²) in [5.41, 5.74) is 0.243. The van der Waals surface area contributed by atoms with Crippen LogP contribution in [0.2, 0.25) is 0 Å². The number of allylic oxidation sites excluding steroid dienone is 1. The van der Waals surface area contributed by atoms with Gasteiger partial charge in [-0.25, -0.2) is 14.2 Å². The van der Waals surface area contributed by atoms with Crippen molar-refractivity contribution in [3.63, 3.8) is 0 Å². The summed E-state index contributed by atoms with van der Waals surface area (Å²) >= 11 is 0. The van der Waals surface area contributed by atoms with E-state index in [0.29, 0.717) is 60.8 Å². The van der Waals surface area contributed by atoms with Crippen LogP contribution in [0.4, 0.5) is 37.7 Å². The van der Waals surface area contributed by atoms with Crippen LogP contribution in [0.1, 0.15) is 63.1 Å². The minimum absolute atomic E-state index is 0.132. The number of likely N-dealkylation sites (N-methyl/N-ethyl adjacent to an activating group) is 1. The molecule has 2 N–H and O–H groups in total. The molecule has 0 amide bonds. The molecule has 22 heteroatoms. The maximum absolute atomic E-state index is 15.2. The van der Waals surface area contributed by atoms with Crippen LogP contribution in [0.25, 0.3) is 5.57 Å². The second-order valence-electron chi connectivity index (χ2n) is 18.5. The van der Waals surface area contributed by atoms with E-state index in [9.17, 15) is 41.0 Å². The quantitative estimate of drug-likeness (QED) is 0.107. The number of esters is 3. The fourth-order valence-corrected chi connectivity index (χ4v) is 12.2. The Bertz CT molecular complexity index is 2640. The maximum atomic E-state index is 15.2. The highest BCUT2D eigenvalue weighted by atomic mass is 19.4. The van der Waals surface area contributed by atoms with E-state index in [1.165, 1.54) is 26.7 Å². The largest absolute Gasteiger partial charge is 0.542 e. The first kappa shape index (κ1) is 54.8. The van der Waals surface area contributed by atoms with Gasteiger partial charge in [0.15, 0.2) is 12.6 Å². The molecule has 6 aliphatic rings. The molecule has 0 unspecified atom stereocenters. The van der Waals surface area contributed by atoms with E-state index < -0.39 is 76.2 Å². The van der Waals surface area contributed by atoms with Crippen molar-refractivity contribution in [1.82, 2.24) is 4.90 Å². The normalized spacial score (nSPS) is 27.7. The third-order valence-electron chi connectivity index (χ3n) is 14.8. The smallest absolute Gasteiger partial charge is 0.490 e. The number of hydrogen-bond donors (Lipinski definition) is 2. The summed E-state index contributed by atoms with van der Waals surface area (Å²) in [4.78, 5) is 69.7. The van der Waals surface area contributed by atoms with Gasteiger partial charge in [0.1, 0.15) is 30.4 Å². The van der Waals surface area contributed by atoms with Gasteiger partial charge >= 0.3 is 36.2 Å². The number of aliphatic carboxylic acids is 2. The summed E-state index contributed by atoms with van der Waals surface area (Å²) in [7, 11) is 6.08. The number of carbonyl (C=O) groups excluding carboxylic acids is 4. The summed E-state index contributed by atoms with van der Waals surface area (Å²) in [5, 5.41) is 29.2. The molecule has 72 heavy (non-hydrogen) atoms. The Morgan fingerprint density at radius 2 is 1.64 bits per heavy atom. The van der Waals surface area contributed by atoms with Crippen LogP contribution in [-0.4, -0.2) is 153 Å². The molecule has 1 saturated heterocycles. The van der Waals surface area contributed by atoms with Gasteiger partial charge in [0.05, 0.1) is 38.8 Å². The summed E-state index contributed by atoms with van der Waals surface area (Å²) in [6, 6.07) is 10.5. The van der Waals surface area contributed by atoms with Crippen LogP contribution in [0.3, 0.4) is 0 Å². The molecule has 16 nitrogen and oxygen atoms in total. The molecule has 0 aromatic heterocycles. The van der Waals surface area contributed by atoms with E-state index >= 15 is 4.79 Å².